The van der Waals surface area contributed by atoms with Gasteiger partial charge in [-0.05, 0) is 12.3 Å². The van der Waals surface area contributed by atoms with Crippen LogP contribution in [0.2, 0.25) is 0 Å². The molecule has 0 N–H and O–H groups in total. The molecule has 0 amide bonds. The monoisotopic (exact) mass is 191 g/mol. The summed E-state index contributed by atoms with van der Waals surface area (Å²) in [5, 5.41) is 0. The normalized spacial score (nSPS) is 20.9. The van der Waals surface area contributed by atoms with Gasteiger partial charge in [0.25, 0.3) is 0 Å². The van der Waals surface area contributed by atoms with Crippen LogP contribution in [-0.2, 0) is 7.05 Å². The second kappa shape index (κ2) is 3.23. The Morgan fingerprint density at radius 2 is 2.21 bits per heavy atom. The Labute approximate surface area is 84.9 Å². The fraction of sp³-hybridized carbons (Fsp3) is 0.636. The van der Waals surface area contributed by atoms with Crippen LogP contribution in [0.3, 0.4) is 0 Å². The molecule has 0 aromatic carbocycles. The summed E-state index contributed by atoms with van der Waals surface area (Å²) in [6.45, 7) is 6.63. The lowest BCUT2D eigenvalue weighted by Crippen LogP contribution is -2.15. The third-order valence-electron chi connectivity index (χ3n) is 2.83. The highest BCUT2D eigenvalue weighted by atomic mass is 15.1. The molecular formula is C11H17N3. The molecule has 1 atom stereocenters. The van der Waals surface area contributed by atoms with Crippen molar-refractivity contribution in [3.63, 3.8) is 0 Å². The molecule has 14 heavy (non-hydrogen) atoms. The zero-order valence-corrected chi connectivity index (χ0v) is 9.28. The molecule has 0 saturated heterocycles. The number of fused-ring (bicyclic) bond motifs is 1. The molecule has 2 heterocycles. The average Bonchev–Trinajstić information content (AvgIpc) is 2.48. The minimum Gasteiger partial charge on any atom is -0.319 e. The molecule has 1 aliphatic rings. The number of imidazole rings is 1. The number of aliphatic imine (C=N–C) groups is 1. The fourth-order valence-electron chi connectivity index (χ4n) is 1.88. The van der Waals surface area contributed by atoms with Crippen LogP contribution in [0.25, 0.3) is 0 Å². The summed E-state index contributed by atoms with van der Waals surface area (Å²) in [6.07, 6.45) is 2.91. The molecular weight excluding hydrogens is 174 g/mol. The van der Waals surface area contributed by atoms with E-state index in [0.29, 0.717) is 11.8 Å². The number of aromatic nitrogens is 2. The Hall–Kier alpha value is -1.12. The van der Waals surface area contributed by atoms with Gasteiger partial charge in [0.1, 0.15) is 0 Å². The van der Waals surface area contributed by atoms with Crippen molar-refractivity contribution in [2.24, 2.45) is 18.0 Å². The third kappa shape index (κ3) is 1.37. The van der Waals surface area contributed by atoms with Crippen LogP contribution >= 0.6 is 0 Å². The van der Waals surface area contributed by atoms with E-state index in [4.69, 9.17) is 0 Å². The highest BCUT2D eigenvalue weighted by Gasteiger charge is 2.23. The SMILES string of the molecule is CC(C)C1=Nc2c(ncn2C)C(C)C1. The third-order valence-corrected chi connectivity index (χ3v) is 2.83. The molecule has 0 aliphatic carbocycles. The van der Waals surface area contributed by atoms with Gasteiger partial charge in [-0.2, -0.15) is 0 Å². The summed E-state index contributed by atoms with van der Waals surface area (Å²) in [6, 6.07) is 0. The average molecular weight is 191 g/mol. The maximum atomic E-state index is 4.67. The van der Waals surface area contributed by atoms with E-state index in [1.54, 1.807) is 0 Å². The summed E-state index contributed by atoms with van der Waals surface area (Å²) in [4.78, 5) is 9.06. The van der Waals surface area contributed by atoms with Crippen molar-refractivity contribution in [1.82, 2.24) is 9.55 Å². The number of nitrogens with zero attached hydrogens (tertiary/aromatic N) is 3. The largest absolute Gasteiger partial charge is 0.319 e. The van der Waals surface area contributed by atoms with Gasteiger partial charge in [0.05, 0.1) is 12.0 Å². The van der Waals surface area contributed by atoms with Gasteiger partial charge in [-0.1, -0.05) is 20.8 Å². The molecule has 0 saturated carbocycles. The molecule has 76 valence electrons. The van der Waals surface area contributed by atoms with Gasteiger partial charge in [-0.3, -0.25) is 0 Å². The van der Waals surface area contributed by atoms with E-state index < -0.39 is 0 Å². The van der Waals surface area contributed by atoms with Crippen molar-refractivity contribution in [2.75, 3.05) is 0 Å². The number of aryl methyl sites for hydroxylation is 1. The molecule has 2 rings (SSSR count). The summed E-state index contributed by atoms with van der Waals surface area (Å²) in [5.74, 6) is 2.11. The fourth-order valence-corrected chi connectivity index (χ4v) is 1.88. The van der Waals surface area contributed by atoms with Crippen molar-refractivity contribution in [1.29, 1.82) is 0 Å². The van der Waals surface area contributed by atoms with Gasteiger partial charge in [-0.15, -0.1) is 0 Å². The van der Waals surface area contributed by atoms with Crippen LogP contribution in [0.4, 0.5) is 5.82 Å². The first-order valence-electron chi connectivity index (χ1n) is 5.18. The van der Waals surface area contributed by atoms with Crippen molar-refractivity contribution >= 4 is 11.5 Å². The number of hydrogen-bond acceptors (Lipinski definition) is 2. The first-order valence-corrected chi connectivity index (χ1v) is 5.18. The maximum absolute atomic E-state index is 4.67. The first-order chi connectivity index (χ1) is 6.59. The molecule has 0 radical (unpaired) electrons. The molecule has 1 aromatic rings. The van der Waals surface area contributed by atoms with Crippen LogP contribution in [0.15, 0.2) is 11.3 Å². The van der Waals surface area contributed by atoms with E-state index in [0.717, 1.165) is 17.9 Å². The van der Waals surface area contributed by atoms with Crippen LogP contribution in [0.5, 0.6) is 0 Å². The van der Waals surface area contributed by atoms with Gasteiger partial charge in [0.15, 0.2) is 5.82 Å². The topological polar surface area (TPSA) is 30.2 Å². The molecule has 3 nitrogen and oxygen atoms in total. The van der Waals surface area contributed by atoms with Crippen LogP contribution in [-0.4, -0.2) is 15.3 Å². The second-order valence-corrected chi connectivity index (χ2v) is 4.43. The molecule has 1 unspecified atom stereocenters. The lowest BCUT2D eigenvalue weighted by molar-refractivity contribution is 0.718. The van der Waals surface area contributed by atoms with Gasteiger partial charge in [0, 0.05) is 18.7 Å². The molecule has 0 spiro atoms. The van der Waals surface area contributed by atoms with Gasteiger partial charge >= 0.3 is 0 Å². The van der Waals surface area contributed by atoms with E-state index in [2.05, 4.69) is 30.7 Å². The lowest BCUT2D eigenvalue weighted by atomic mass is 9.92. The molecule has 0 bridgehead atoms. The maximum Gasteiger partial charge on any atom is 0.155 e. The number of hydrogen-bond donors (Lipinski definition) is 0. The molecule has 1 aliphatic heterocycles. The zero-order valence-electron chi connectivity index (χ0n) is 9.28. The highest BCUT2D eigenvalue weighted by molar-refractivity contribution is 5.90. The van der Waals surface area contributed by atoms with Crippen molar-refractivity contribution < 1.29 is 0 Å². The summed E-state index contributed by atoms with van der Waals surface area (Å²) in [7, 11) is 2.01. The van der Waals surface area contributed by atoms with Crippen LogP contribution in [0, 0.1) is 5.92 Å². The van der Waals surface area contributed by atoms with Gasteiger partial charge < -0.3 is 4.57 Å². The minimum absolute atomic E-state index is 0.515. The Morgan fingerprint density at radius 1 is 1.50 bits per heavy atom. The highest BCUT2D eigenvalue weighted by Crippen LogP contribution is 2.34. The predicted octanol–water partition coefficient (Wildman–Crippen LogP) is 2.66. The van der Waals surface area contributed by atoms with Crippen LogP contribution < -0.4 is 0 Å². The minimum atomic E-state index is 0.515. The van der Waals surface area contributed by atoms with E-state index >= 15 is 0 Å². The van der Waals surface area contributed by atoms with E-state index in [-0.39, 0.29) is 0 Å². The zero-order chi connectivity index (χ0) is 10.3. The van der Waals surface area contributed by atoms with Crippen molar-refractivity contribution in [3.05, 3.63) is 12.0 Å². The Bertz CT molecular complexity index is 374. The van der Waals surface area contributed by atoms with Crippen LogP contribution in [0.1, 0.15) is 38.8 Å². The first kappa shape index (κ1) is 9.44. The Morgan fingerprint density at radius 3 is 2.86 bits per heavy atom. The van der Waals surface area contributed by atoms with E-state index in [1.807, 2.05) is 17.9 Å². The van der Waals surface area contributed by atoms with E-state index in [9.17, 15) is 0 Å². The van der Waals surface area contributed by atoms with Gasteiger partial charge in [0.2, 0.25) is 0 Å². The molecule has 0 fully saturated rings. The second-order valence-electron chi connectivity index (χ2n) is 4.43. The standard InChI is InChI=1S/C11H17N3/c1-7(2)9-5-8(3)10-11(13-9)14(4)6-12-10/h6-8H,5H2,1-4H3. The van der Waals surface area contributed by atoms with Crippen molar-refractivity contribution in [2.45, 2.75) is 33.1 Å². The summed E-state index contributed by atoms with van der Waals surface area (Å²) in [5.41, 5.74) is 2.45. The summed E-state index contributed by atoms with van der Waals surface area (Å²) < 4.78 is 2.01. The molecule has 3 heteroatoms. The Balaban J connectivity index is 2.48. The van der Waals surface area contributed by atoms with Crippen molar-refractivity contribution in [3.8, 4) is 0 Å². The smallest absolute Gasteiger partial charge is 0.155 e. The Kier molecular flexibility index (Phi) is 2.17. The molecule has 1 aromatic heterocycles. The quantitative estimate of drug-likeness (QED) is 0.671. The van der Waals surface area contributed by atoms with E-state index in [1.165, 1.54) is 5.71 Å². The van der Waals surface area contributed by atoms with Gasteiger partial charge in [-0.25, -0.2) is 9.98 Å². The lowest BCUT2D eigenvalue weighted by Gasteiger charge is -2.20. The number of rotatable bonds is 1. The summed E-state index contributed by atoms with van der Waals surface area (Å²) >= 11 is 0. The predicted molar refractivity (Wildman–Crippen MR) is 58.2 cm³/mol.